The number of ether oxygens (including phenoxy) is 1. The van der Waals surface area contributed by atoms with Gasteiger partial charge in [-0.25, -0.2) is 13.6 Å². The van der Waals surface area contributed by atoms with E-state index in [9.17, 15) is 13.6 Å². The fourth-order valence-corrected chi connectivity index (χ4v) is 3.38. The second-order valence-electron chi connectivity index (χ2n) is 6.16. The Labute approximate surface area is 137 Å². The average molecular weight is 333 g/mol. The van der Waals surface area contributed by atoms with E-state index in [1.807, 2.05) is 6.07 Å². The lowest BCUT2D eigenvalue weighted by molar-refractivity contribution is 0.0956. The van der Waals surface area contributed by atoms with Crippen molar-refractivity contribution in [1.29, 1.82) is 0 Å². The van der Waals surface area contributed by atoms with Gasteiger partial charge in [0.2, 0.25) is 0 Å². The van der Waals surface area contributed by atoms with Crippen molar-refractivity contribution in [1.82, 2.24) is 9.55 Å². The van der Waals surface area contributed by atoms with Crippen molar-refractivity contribution in [3.05, 3.63) is 57.6 Å². The topological polar surface area (TPSA) is 47.4 Å². The number of benzene rings is 1. The van der Waals surface area contributed by atoms with Crippen LogP contribution in [0.4, 0.5) is 14.6 Å². The number of aromatic nitrogens is 2. The average Bonchev–Trinajstić information content (AvgIpc) is 2.94. The SMILES string of the molecule is O=c1nc(CCc2ccc(F)cc2F)cc2n1C[C@H]1COCCN21. The molecule has 2 aromatic rings. The molecule has 4 rings (SSSR count). The van der Waals surface area contributed by atoms with Crippen molar-refractivity contribution >= 4 is 5.82 Å². The molecule has 0 saturated carbocycles. The summed E-state index contributed by atoms with van der Waals surface area (Å²) in [5.74, 6) is -0.303. The predicted molar refractivity (Wildman–Crippen MR) is 84.2 cm³/mol. The van der Waals surface area contributed by atoms with E-state index in [2.05, 4.69) is 9.88 Å². The number of morpholine rings is 1. The van der Waals surface area contributed by atoms with Gasteiger partial charge in [0.05, 0.1) is 31.5 Å². The summed E-state index contributed by atoms with van der Waals surface area (Å²) in [6, 6.07) is 5.62. The molecule has 0 bridgehead atoms. The van der Waals surface area contributed by atoms with Gasteiger partial charge in [0.1, 0.15) is 17.5 Å². The van der Waals surface area contributed by atoms with E-state index < -0.39 is 11.6 Å². The van der Waals surface area contributed by atoms with E-state index >= 15 is 0 Å². The zero-order valence-corrected chi connectivity index (χ0v) is 13.0. The first-order valence-electron chi connectivity index (χ1n) is 8.01. The Balaban J connectivity index is 1.57. The summed E-state index contributed by atoms with van der Waals surface area (Å²) < 4.78 is 33.8. The Morgan fingerprint density at radius 2 is 2.12 bits per heavy atom. The smallest absolute Gasteiger partial charge is 0.349 e. The molecule has 126 valence electrons. The molecule has 0 aliphatic carbocycles. The van der Waals surface area contributed by atoms with Crippen molar-refractivity contribution < 1.29 is 13.5 Å². The predicted octanol–water partition coefficient (Wildman–Crippen LogP) is 1.53. The summed E-state index contributed by atoms with van der Waals surface area (Å²) in [7, 11) is 0. The number of nitrogens with zero attached hydrogens (tertiary/aromatic N) is 3. The first-order valence-corrected chi connectivity index (χ1v) is 8.01. The minimum absolute atomic E-state index is 0.179. The van der Waals surface area contributed by atoms with E-state index in [1.165, 1.54) is 12.1 Å². The molecule has 2 aliphatic heterocycles. The summed E-state index contributed by atoms with van der Waals surface area (Å²) in [6.45, 7) is 2.59. The number of anilines is 1. The molecule has 0 N–H and O–H groups in total. The van der Waals surface area contributed by atoms with Crippen LogP contribution in [0.3, 0.4) is 0 Å². The van der Waals surface area contributed by atoms with Gasteiger partial charge in [0.25, 0.3) is 0 Å². The fourth-order valence-electron chi connectivity index (χ4n) is 3.38. The van der Waals surface area contributed by atoms with Gasteiger partial charge >= 0.3 is 5.69 Å². The molecule has 7 heteroatoms. The van der Waals surface area contributed by atoms with E-state index in [-0.39, 0.29) is 11.7 Å². The van der Waals surface area contributed by atoms with Crippen LogP contribution < -0.4 is 10.6 Å². The molecule has 1 aromatic heterocycles. The third-order valence-corrected chi connectivity index (χ3v) is 4.62. The zero-order valence-electron chi connectivity index (χ0n) is 13.0. The van der Waals surface area contributed by atoms with Gasteiger partial charge in [-0.15, -0.1) is 0 Å². The number of rotatable bonds is 3. The van der Waals surface area contributed by atoms with Gasteiger partial charge in [0, 0.05) is 18.7 Å². The second kappa shape index (κ2) is 5.98. The van der Waals surface area contributed by atoms with Gasteiger partial charge in [-0.3, -0.25) is 4.57 Å². The van der Waals surface area contributed by atoms with Crippen LogP contribution in [-0.4, -0.2) is 35.4 Å². The number of hydrogen-bond acceptors (Lipinski definition) is 4. The van der Waals surface area contributed by atoms with Crippen LogP contribution in [0.25, 0.3) is 0 Å². The maximum absolute atomic E-state index is 13.7. The molecule has 3 heterocycles. The van der Waals surface area contributed by atoms with E-state index in [4.69, 9.17) is 4.74 Å². The summed E-state index contributed by atoms with van der Waals surface area (Å²) >= 11 is 0. The third-order valence-electron chi connectivity index (χ3n) is 4.62. The highest BCUT2D eigenvalue weighted by Crippen LogP contribution is 2.26. The molecular weight excluding hydrogens is 316 g/mol. The second-order valence-corrected chi connectivity index (χ2v) is 6.16. The van der Waals surface area contributed by atoms with Gasteiger partial charge in [0.15, 0.2) is 0 Å². The lowest BCUT2D eigenvalue weighted by Gasteiger charge is -2.30. The van der Waals surface area contributed by atoms with E-state index in [0.717, 1.165) is 18.4 Å². The van der Waals surface area contributed by atoms with Crippen LogP contribution in [0, 0.1) is 11.6 Å². The maximum atomic E-state index is 13.7. The van der Waals surface area contributed by atoms with Crippen LogP contribution in [0.15, 0.2) is 29.1 Å². The number of hydrogen-bond donors (Lipinski definition) is 0. The van der Waals surface area contributed by atoms with Crippen molar-refractivity contribution in [2.24, 2.45) is 0 Å². The summed E-state index contributed by atoms with van der Waals surface area (Å²) in [4.78, 5) is 18.5. The maximum Gasteiger partial charge on any atom is 0.349 e. The summed E-state index contributed by atoms with van der Waals surface area (Å²) in [6.07, 6.45) is 0.801. The Morgan fingerprint density at radius 3 is 2.96 bits per heavy atom. The van der Waals surface area contributed by atoms with Crippen molar-refractivity contribution in [3.8, 4) is 0 Å². The standard InChI is InChI=1S/C17H17F2N3O2/c18-12-3-1-11(15(19)7-12)2-4-13-8-16-21-5-6-24-10-14(21)9-22(16)17(23)20-13/h1,3,7-8,14H,2,4-6,9-10H2/t14-/m0/s1. The Hall–Kier alpha value is -2.28. The van der Waals surface area contributed by atoms with Crippen LogP contribution in [0.5, 0.6) is 0 Å². The molecule has 1 aromatic carbocycles. The Kier molecular flexibility index (Phi) is 3.80. The Bertz CT molecular complexity index is 837. The quantitative estimate of drug-likeness (QED) is 0.855. The lowest BCUT2D eigenvalue weighted by atomic mass is 10.1. The Morgan fingerprint density at radius 1 is 1.25 bits per heavy atom. The van der Waals surface area contributed by atoms with Crippen LogP contribution >= 0.6 is 0 Å². The summed E-state index contributed by atoms with van der Waals surface area (Å²) in [5, 5.41) is 0. The molecule has 2 aliphatic rings. The molecule has 0 spiro atoms. The van der Waals surface area contributed by atoms with Crippen LogP contribution in [-0.2, 0) is 24.1 Å². The van der Waals surface area contributed by atoms with Crippen molar-refractivity contribution in [2.45, 2.75) is 25.4 Å². The first-order chi connectivity index (χ1) is 11.6. The normalized spacial score (nSPS) is 19.2. The first kappa shape index (κ1) is 15.3. The third kappa shape index (κ3) is 2.69. The monoisotopic (exact) mass is 333 g/mol. The van der Waals surface area contributed by atoms with Crippen molar-refractivity contribution in [2.75, 3.05) is 24.7 Å². The van der Waals surface area contributed by atoms with Crippen molar-refractivity contribution in [3.63, 3.8) is 0 Å². The summed E-state index contributed by atoms with van der Waals surface area (Å²) in [5.41, 5.74) is 0.765. The van der Waals surface area contributed by atoms with E-state index in [0.29, 0.717) is 43.9 Å². The highest BCUT2D eigenvalue weighted by molar-refractivity contribution is 5.46. The van der Waals surface area contributed by atoms with Gasteiger partial charge in [-0.05, 0) is 24.5 Å². The molecule has 24 heavy (non-hydrogen) atoms. The molecule has 0 amide bonds. The molecule has 1 saturated heterocycles. The molecular formula is C17H17F2N3O2. The number of halogens is 2. The zero-order chi connectivity index (χ0) is 16.7. The minimum Gasteiger partial charge on any atom is -0.377 e. The molecule has 0 unspecified atom stereocenters. The molecule has 1 fully saturated rings. The van der Waals surface area contributed by atoms with E-state index in [1.54, 1.807) is 4.57 Å². The van der Waals surface area contributed by atoms with Crippen LogP contribution in [0.1, 0.15) is 11.3 Å². The highest BCUT2D eigenvalue weighted by atomic mass is 19.1. The molecule has 0 radical (unpaired) electrons. The lowest BCUT2D eigenvalue weighted by Crippen LogP contribution is -2.43. The van der Waals surface area contributed by atoms with Gasteiger partial charge in [-0.1, -0.05) is 6.07 Å². The fraction of sp³-hybridized carbons (Fsp3) is 0.412. The molecule has 5 nitrogen and oxygen atoms in total. The van der Waals surface area contributed by atoms with Gasteiger partial charge in [-0.2, -0.15) is 4.98 Å². The number of fused-ring (bicyclic) bond motifs is 3. The minimum atomic E-state index is -0.594. The largest absolute Gasteiger partial charge is 0.377 e. The van der Waals surface area contributed by atoms with Crippen LogP contribution in [0.2, 0.25) is 0 Å². The van der Waals surface area contributed by atoms with Gasteiger partial charge < -0.3 is 9.64 Å². The highest BCUT2D eigenvalue weighted by Gasteiger charge is 2.33. The molecule has 1 atom stereocenters. The number of aryl methyl sites for hydroxylation is 2.